The fourth-order valence-corrected chi connectivity index (χ4v) is 2.85. The molecule has 0 unspecified atom stereocenters. The van der Waals surface area contributed by atoms with E-state index in [-0.39, 0.29) is 0 Å². The highest BCUT2D eigenvalue weighted by atomic mass is 16.3. The van der Waals surface area contributed by atoms with E-state index in [9.17, 15) is 5.11 Å². The van der Waals surface area contributed by atoms with Gasteiger partial charge in [0.15, 0.2) is 0 Å². The van der Waals surface area contributed by atoms with Crippen molar-refractivity contribution in [1.82, 2.24) is 9.80 Å². The Morgan fingerprint density at radius 2 is 2.14 bits per heavy atom. The lowest BCUT2D eigenvalue weighted by Crippen LogP contribution is -2.36. The molecule has 2 aliphatic rings. The molecule has 0 bridgehead atoms. The van der Waals surface area contributed by atoms with E-state index in [2.05, 4.69) is 16.8 Å². The molecule has 0 aromatic rings. The third-order valence-corrected chi connectivity index (χ3v) is 3.69. The van der Waals surface area contributed by atoms with Crippen molar-refractivity contribution in [1.29, 1.82) is 0 Å². The van der Waals surface area contributed by atoms with Crippen LogP contribution in [-0.4, -0.2) is 60.8 Å². The van der Waals surface area contributed by atoms with Crippen molar-refractivity contribution in [2.24, 2.45) is 5.92 Å². The van der Waals surface area contributed by atoms with E-state index in [1.807, 2.05) is 0 Å². The molecule has 82 valence electrons. The highest BCUT2D eigenvalue weighted by Crippen LogP contribution is 2.22. The molecule has 0 aromatic carbocycles. The van der Waals surface area contributed by atoms with Crippen molar-refractivity contribution < 1.29 is 5.11 Å². The zero-order valence-corrected chi connectivity index (χ0v) is 9.15. The third-order valence-electron chi connectivity index (χ3n) is 3.69. The largest absolute Gasteiger partial charge is 0.395 e. The van der Waals surface area contributed by atoms with Gasteiger partial charge in [-0.1, -0.05) is 0 Å². The maximum absolute atomic E-state index is 9.21. The number of nitrogens with zero attached hydrogens (tertiary/aromatic N) is 2. The molecule has 2 saturated heterocycles. The molecule has 3 nitrogen and oxygen atoms in total. The summed E-state index contributed by atoms with van der Waals surface area (Å²) in [5, 5.41) is 9.21. The SMILES string of the molecule is CN1CC[C@H](CN2CCC[C@H]2CO)C1. The highest BCUT2D eigenvalue weighted by molar-refractivity contribution is 4.83. The van der Waals surface area contributed by atoms with E-state index in [0.29, 0.717) is 12.6 Å². The number of hydrogen-bond acceptors (Lipinski definition) is 3. The fourth-order valence-electron chi connectivity index (χ4n) is 2.85. The van der Waals surface area contributed by atoms with Crippen LogP contribution in [0.4, 0.5) is 0 Å². The Bertz CT molecular complexity index is 186. The summed E-state index contributed by atoms with van der Waals surface area (Å²) in [6.45, 7) is 5.25. The van der Waals surface area contributed by atoms with Crippen molar-refractivity contribution in [2.45, 2.75) is 25.3 Å². The van der Waals surface area contributed by atoms with Crippen LogP contribution in [0.2, 0.25) is 0 Å². The predicted octanol–water partition coefficient (Wildman–Crippen LogP) is 0.395. The zero-order chi connectivity index (χ0) is 9.97. The molecule has 2 atom stereocenters. The van der Waals surface area contributed by atoms with Crippen molar-refractivity contribution in [2.75, 3.05) is 39.8 Å². The molecule has 0 saturated carbocycles. The summed E-state index contributed by atoms with van der Waals surface area (Å²) in [4.78, 5) is 4.90. The number of likely N-dealkylation sites (tertiary alicyclic amines) is 2. The Balaban J connectivity index is 1.79. The lowest BCUT2D eigenvalue weighted by Gasteiger charge is -2.25. The van der Waals surface area contributed by atoms with Gasteiger partial charge in [0, 0.05) is 19.1 Å². The van der Waals surface area contributed by atoms with Crippen LogP contribution < -0.4 is 0 Å². The number of aliphatic hydroxyl groups is 1. The lowest BCUT2D eigenvalue weighted by molar-refractivity contribution is 0.143. The van der Waals surface area contributed by atoms with Crippen LogP contribution in [-0.2, 0) is 0 Å². The Hall–Kier alpha value is -0.120. The average Bonchev–Trinajstić information content (AvgIpc) is 2.76. The minimum absolute atomic E-state index is 0.350. The first-order valence-electron chi connectivity index (χ1n) is 5.83. The fraction of sp³-hybridized carbons (Fsp3) is 1.00. The second-order valence-corrected chi connectivity index (χ2v) is 4.89. The summed E-state index contributed by atoms with van der Waals surface area (Å²) in [6, 6.07) is 0.459. The normalized spacial score (nSPS) is 35.6. The molecule has 0 amide bonds. The quantitative estimate of drug-likeness (QED) is 0.711. The van der Waals surface area contributed by atoms with Crippen molar-refractivity contribution >= 4 is 0 Å². The zero-order valence-electron chi connectivity index (χ0n) is 9.15. The molecule has 2 fully saturated rings. The van der Waals surface area contributed by atoms with Gasteiger partial charge in [-0.05, 0) is 45.3 Å². The van der Waals surface area contributed by atoms with Gasteiger partial charge >= 0.3 is 0 Å². The van der Waals surface area contributed by atoms with Gasteiger partial charge < -0.3 is 10.0 Å². The van der Waals surface area contributed by atoms with Gasteiger partial charge in [-0.25, -0.2) is 0 Å². The molecule has 0 aliphatic carbocycles. The standard InChI is InChI=1S/C11H22N2O/c1-12-6-4-10(7-12)8-13-5-2-3-11(13)9-14/h10-11,14H,2-9H2,1H3/t10-,11-/m0/s1. The van der Waals surface area contributed by atoms with Gasteiger partial charge in [0.25, 0.3) is 0 Å². The van der Waals surface area contributed by atoms with Gasteiger partial charge in [-0.15, -0.1) is 0 Å². The van der Waals surface area contributed by atoms with Gasteiger partial charge in [0.05, 0.1) is 6.61 Å². The van der Waals surface area contributed by atoms with Gasteiger partial charge in [-0.3, -0.25) is 4.90 Å². The Morgan fingerprint density at radius 3 is 2.79 bits per heavy atom. The second kappa shape index (κ2) is 4.60. The van der Waals surface area contributed by atoms with E-state index >= 15 is 0 Å². The second-order valence-electron chi connectivity index (χ2n) is 4.89. The summed E-state index contributed by atoms with van der Waals surface area (Å²) < 4.78 is 0. The van der Waals surface area contributed by atoms with E-state index < -0.39 is 0 Å². The summed E-state index contributed by atoms with van der Waals surface area (Å²) in [6.07, 6.45) is 3.80. The third kappa shape index (κ3) is 2.27. The highest BCUT2D eigenvalue weighted by Gasteiger charge is 2.28. The number of aliphatic hydroxyl groups excluding tert-OH is 1. The first-order valence-corrected chi connectivity index (χ1v) is 5.83. The van der Waals surface area contributed by atoms with E-state index in [1.165, 1.54) is 45.4 Å². The van der Waals surface area contributed by atoms with E-state index in [1.54, 1.807) is 0 Å². The van der Waals surface area contributed by atoms with Gasteiger partial charge in [0.2, 0.25) is 0 Å². The first kappa shape index (κ1) is 10.4. The smallest absolute Gasteiger partial charge is 0.0586 e. The topological polar surface area (TPSA) is 26.7 Å². The monoisotopic (exact) mass is 198 g/mol. The molecule has 0 aromatic heterocycles. The van der Waals surface area contributed by atoms with E-state index in [4.69, 9.17) is 0 Å². The Kier molecular flexibility index (Phi) is 3.42. The number of rotatable bonds is 3. The van der Waals surface area contributed by atoms with Crippen LogP contribution in [0, 0.1) is 5.92 Å². The average molecular weight is 198 g/mol. The predicted molar refractivity (Wildman–Crippen MR) is 57.3 cm³/mol. The van der Waals surface area contributed by atoms with Crippen LogP contribution >= 0.6 is 0 Å². The summed E-state index contributed by atoms with van der Waals surface area (Å²) in [5.41, 5.74) is 0. The van der Waals surface area contributed by atoms with Crippen LogP contribution in [0.3, 0.4) is 0 Å². The maximum Gasteiger partial charge on any atom is 0.0586 e. The molecular formula is C11H22N2O. The molecule has 2 rings (SSSR count). The van der Waals surface area contributed by atoms with Crippen LogP contribution in [0.5, 0.6) is 0 Å². The molecule has 3 heteroatoms. The minimum atomic E-state index is 0.350. The molecule has 2 heterocycles. The minimum Gasteiger partial charge on any atom is -0.395 e. The van der Waals surface area contributed by atoms with Gasteiger partial charge in [0.1, 0.15) is 0 Å². The molecular weight excluding hydrogens is 176 g/mol. The Labute approximate surface area is 86.7 Å². The summed E-state index contributed by atoms with van der Waals surface area (Å²) in [5.74, 6) is 0.840. The van der Waals surface area contributed by atoms with E-state index in [0.717, 1.165) is 5.92 Å². The lowest BCUT2D eigenvalue weighted by atomic mass is 10.1. The molecule has 0 spiro atoms. The molecule has 14 heavy (non-hydrogen) atoms. The summed E-state index contributed by atoms with van der Waals surface area (Å²) in [7, 11) is 2.20. The van der Waals surface area contributed by atoms with Crippen molar-refractivity contribution in [3.05, 3.63) is 0 Å². The van der Waals surface area contributed by atoms with Gasteiger partial charge in [-0.2, -0.15) is 0 Å². The van der Waals surface area contributed by atoms with Crippen LogP contribution in [0.25, 0.3) is 0 Å². The molecule has 1 N–H and O–H groups in total. The van der Waals surface area contributed by atoms with Crippen molar-refractivity contribution in [3.63, 3.8) is 0 Å². The Morgan fingerprint density at radius 1 is 1.29 bits per heavy atom. The molecule has 0 radical (unpaired) electrons. The first-order chi connectivity index (χ1) is 6.79. The van der Waals surface area contributed by atoms with Crippen LogP contribution in [0.15, 0.2) is 0 Å². The summed E-state index contributed by atoms with van der Waals surface area (Å²) >= 11 is 0. The van der Waals surface area contributed by atoms with Crippen LogP contribution in [0.1, 0.15) is 19.3 Å². The van der Waals surface area contributed by atoms with Crippen molar-refractivity contribution in [3.8, 4) is 0 Å². The maximum atomic E-state index is 9.21. The molecule has 2 aliphatic heterocycles. The number of hydrogen-bond donors (Lipinski definition) is 1.